The van der Waals surface area contributed by atoms with E-state index >= 15 is 0 Å². The van der Waals surface area contributed by atoms with Gasteiger partial charge in [0.25, 0.3) is 0 Å². The summed E-state index contributed by atoms with van der Waals surface area (Å²) in [6.07, 6.45) is 4.41. The zero-order chi connectivity index (χ0) is 29.1. The van der Waals surface area contributed by atoms with E-state index in [1.165, 1.54) is 25.3 Å². The van der Waals surface area contributed by atoms with E-state index in [0.29, 0.717) is 40.9 Å². The second kappa shape index (κ2) is 12.4. The van der Waals surface area contributed by atoms with Gasteiger partial charge in [0.2, 0.25) is 11.8 Å². The fraction of sp³-hybridized carbons (Fsp3) is 0.452. The maximum absolute atomic E-state index is 13.8. The molecule has 1 saturated carbocycles. The Labute approximate surface area is 237 Å². The van der Waals surface area contributed by atoms with Crippen molar-refractivity contribution in [1.82, 2.24) is 10.2 Å². The van der Waals surface area contributed by atoms with Crippen LogP contribution in [0, 0.1) is 11.7 Å². The van der Waals surface area contributed by atoms with Gasteiger partial charge in [-0.15, -0.1) is 0 Å². The second-order valence-electron chi connectivity index (χ2n) is 10.9. The molecule has 4 unspecified atom stereocenters. The van der Waals surface area contributed by atoms with E-state index in [1.54, 1.807) is 29.2 Å². The molecule has 2 amide bonds. The first-order valence-corrected chi connectivity index (χ1v) is 14.0. The number of nitrogens with zero attached hydrogens (tertiary/aromatic N) is 1. The van der Waals surface area contributed by atoms with E-state index in [1.807, 2.05) is 0 Å². The number of amides is 2. The Balaban J connectivity index is 1.57. The van der Waals surface area contributed by atoms with Gasteiger partial charge in [0.05, 0.1) is 25.7 Å². The van der Waals surface area contributed by atoms with Gasteiger partial charge in [0.15, 0.2) is 11.5 Å². The van der Waals surface area contributed by atoms with Crippen molar-refractivity contribution in [2.24, 2.45) is 5.92 Å². The zero-order valence-corrected chi connectivity index (χ0v) is 22.9. The molecular formula is C31H35FN2O7. The standard InChI is InChI=1S/C31H35FN2O7/c1-40-25-13-20(17-36)12-22-27-23(31(39)33-10-11-35)15-24(28(38)30(27)41-29(22)25)34(16-19-6-8-21(32)9-7-19)26(37)14-18-4-2-3-5-18/h6-9,12-13,15,17-18,24,27-28,30,35,38H,2-5,10-11,14,16H2,1H3,(H,33,39). The lowest BCUT2D eigenvalue weighted by Gasteiger charge is -2.41. The summed E-state index contributed by atoms with van der Waals surface area (Å²) in [6, 6.07) is 8.02. The maximum atomic E-state index is 13.8. The van der Waals surface area contributed by atoms with Crippen LogP contribution in [0.5, 0.6) is 11.5 Å². The number of carbonyl (C=O) groups excluding carboxylic acids is 3. The number of fused-ring (bicyclic) bond motifs is 3. The molecule has 0 radical (unpaired) electrons. The predicted molar refractivity (Wildman–Crippen MR) is 147 cm³/mol. The molecule has 0 bridgehead atoms. The molecule has 1 heterocycles. The number of ether oxygens (including phenoxy) is 2. The summed E-state index contributed by atoms with van der Waals surface area (Å²) in [4.78, 5) is 40.5. The Morgan fingerprint density at radius 1 is 1.20 bits per heavy atom. The van der Waals surface area contributed by atoms with Crippen molar-refractivity contribution >= 4 is 18.1 Å². The fourth-order valence-electron chi connectivity index (χ4n) is 6.28. The molecule has 3 aliphatic rings. The van der Waals surface area contributed by atoms with Crippen molar-refractivity contribution in [2.75, 3.05) is 20.3 Å². The molecule has 2 aromatic carbocycles. The summed E-state index contributed by atoms with van der Waals surface area (Å²) in [5.41, 5.74) is 1.76. The van der Waals surface area contributed by atoms with Gasteiger partial charge in [-0.2, -0.15) is 0 Å². The quantitative estimate of drug-likeness (QED) is 0.378. The van der Waals surface area contributed by atoms with Crippen molar-refractivity contribution in [1.29, 1.82) is 0 Å². The number of nitrogens with one attached hydrogen (secondary N) is 1. The lowest BCUT2D eigenvalue weighted by atomic mass is 9.77. The number of halogens is 1. The minimum atomic E-state index is -1.24. The van der Waals surface area contributed by atoms with Crippen LogP contribution in [0.2, 0.25) is 0 Å². The highest BCUT2D eigenvalue weighted by Gasteiger charge is 2.51. The number of aliphatic hydroxyl groups is 2. The third kappa shape index (κ3) is 5.85. The van der Waals surface area contributed by atoms with Crippen molar-refractivity contribution in [3.63, 3.8) is 0 Å². The van der Waals surface area contributed by atoms with E-state index in [0.717, 1.165) is 25.7 Å². The van der Waals surface area contributed by atoms with Crippen LogP contribution in [0.4, 0.5) is 4.39 Å². The Kier molecular flexibility index (Phi) is 8.70. The van der Waals surface area contributed by atoms with Crippen molar-refractivity contribution in [2.45, 2.75) is 62.8 Å². The van der Waals surface area contributed by atoms with Gasteiger partial charge in [-0.3, -0.25) is 14.4 Å². The molecule has 9 nitrogen and oxygen atoms in total. The second-order valence-corrected chi connectivity index (χ2v) is 10.9. The first-order valence-electron chi connectivity index (χ1n) is 14.0. The third-order valence-corrected chi connectivity index (χ3v) is 8.30. The third-order valence-electron chi connectivity index (χ3n) is 8.30. The number of hydrogen-bond acceptors (Lipinski definition) is 7. The molecule has 2 aromatic rings. The van der Waals surface area contributed by atoms with Crippen molar-refractivity contribution < 1.29 is 38.5 Å². The van der Waals surface area contributed by atoms with E-state index in [-0.39, 0.29) is 37.1 Å². The van der Waals surface area contributed by atoms with Gasteiger partial charge in [0.1, 0.15) is 24.3 Å². The zero-order valence-electron chi connectivity index (χ0n) is 22.9. The number of rotatable bonds is 10. The van der Waals surface area contributed by atoms with Gasteiger partial charge < -0.3 is 29.9 Å². The molecule has 5 rings (SSSR count). The molecule has 4 atom stereocenters. The van der Waals surface area contributed by atoms with Crippen molar-refractivity contribution in [3.05, 3.63) is 70.6 Å². The molecule has 2 aliphatic carbocycles. The minimum absolute atomic E-state index is 0.00605. The number of aldehydes is 1. The molecule has 0 spiro atoms. The Hall–Kier alpha value is -3.76. The summed E-state index contributed by atoms with van der Waals surface area (Å²) in [5, 5.41) is 23.8. The lowest BCUT2D eigenvalue weighted by molar-refractivity contribution is -0.139. The van der Waals surface area contributed by atoms with E-state index in [9.17, 15) is 29.0 Å². The van der Waals surface area contributed by atoms with Gasteiger partial charge in [0, 0.05) is 36.2 Å². The van der Waals surface area contributed by atoms with Gasteiger partial charge >= 0.3 is 0 Å². The van der Waals surface area contributed by atoms with Crippen LogP contribution < -0.4 is 14.8 Å². The molecule has 1 aliphatic heterocycles. The highest BCUT2D eigenvalue weighted by Crippen LogP contribution is 2.51. The molecule has 41 heavy (non-hydrogen) atoms. The number of benzene rings is 2. The minimum Gasteiger partial charge on any atom is -0.493 e. The smallest absolute Gasteiger partial charge is 0.247 e. The summed E-state index contributed by atoms with van der Waals surface area (Å²) >= 11 is 0. The van der Waals surface area contributed by atoms with Crippen LogP contribution in [-0.4, -0.2) is 71.7 Å². The van der Waals surface area contributed by atoms with E-state index in [2.05, 4.69) is 5.32 Å². The Morgan fingerprint density at radius 3 is 2.59 bits per heavy atom. The molecular weight excluding hydrogens is 531 g/mol. The van der Waals surface area contributed by atoms with Crippen LogP contribution in [0.3, 0.4) is 0 Å². The van der Waals surface area contributed by atoms with Gasteiger partial charge in [-0.25, -0.2) is 4.39 Å². The van der Waals surface area contributed by atoms with Crippen LogP contribution in [0.15, 0.2) is 48.0 Å². The van der Waals surface area contributed by atoms with Crippen LogP contribution in [0.25, 0.3) is 0 Å². The monoisotopic (exact) mass is 566 g/mol. The SMILES string of the molecule is COc1cc(C=O)cc2c1OC1C2C(C(=O)NCCO)=CC(N(Cc2ccc(F)cc2)C(=O)CC2CCCC2)C1O. The number of methoxy groups -OCH3 is 1. The lowest BCUT2D eigenvalue weighted by Crippen LogP contribution is -2.55. The molecule has 1 fully saturated rings. The van der Waals surface area contributed by atoms with Crippen LogP contribution >= 0.6 is 0 Å². The normalized spacial score (nSPS) is 23.2. The number of carbonyl (C=O) groups is 3. The maximum Gasteiger partial charge on any atom is 0.247 e. The first-order chi connectivity index (χ1) is 19.8. The average molecular weight is 567 g/mol. The topological polar surface area (TPSA) is 125 Å². The molecule has 10 heteroatoms. The summed E-state index contributed by atoms with van der Waals surface area (Å²) < 4.78 is 25.4. The number of aliphatic hydroxyl groups excluding tert-OH is 2. The van der Waals surface area contributed by atoms with Crippen molar-refractivity contribution in [3.8, 4) is 11.5 Å². The van der Waals surface area contributed by atoms with Crippen LogP contribution in [-0.2, 0) is 16.1 Å². The van der Waals surface area contributed by atoms with E-state index in [4.69, 9.17) is 9.47 Å². The predicted octanol–water partition coefficient (Wildman–Crippen LogP) is 2.88. The molecule has 218 valence electrons. The number of hydrogen-bond donors (Lipinski definition) is 3. The Bertz CT molecular complexity index is 1320. The fourth-order valence-corrected chi connectivity index (χ4v) is 6.28. The molecule has 0 saturated heterocycles. The van der Waals surface area contributed by atoms with E-state index < -0.39 is 35.9 Å². The van der Waals surface area contributed by atoms with Crippen LogP contribution in [0.1, 0.15) is 59.5 Å². The van der Waals surface area contributed by atoms with Gasteiger partial charge in [-0.1, -0.05) is 25.0 Å². The highest BCUT2D eigenvalue weighted by molar-refractivity contribution is 5.96. The average Bonchev–Trinajstić information content (AvgIpc) is 3.64. The summed E-state index contributed by atoms with van der Waals surface area (Å²) in [5.74, 6) is -0.965. The first kappa shape index (κ1) is 28.8. The molecule has 3 N–H and O–H groups in total. The largest absolute Gasteiger partial charge is 0.493 e. The summed E-state index contributed by atoms with van der Waals surface area (Å²) in [6.45, 7) is -0.170. The highest BCUT2D eigenvalue weighted by atomic mass is 19.1. The molecule has 0 aromatic heterocycles. The summed E-state index contributed by atoms with van der Waals surface area (Å²) in [7, 11) is 1.44. The Morgan fingerprint density at radius 2 is 1.93 bits per heavy atom. The van der Waals surface area contributed by atoms with Gasteiger partial charge in [-0.05, 0) is 54.7 Å².